The van der Waals surface area contributed by atoms with Crippen molar-refractivity contribution in [3.63, 3.8) is 0 Å². The van der Waals surface area contributed by atoms with Gasteiger partial charge in [-0.05, 0) is 36.6 Å². The molecule has 18 heavy (non-hydrogen) atoms. The van der Waals surface area contributed by atoms with E-state index in [1.54, 1.807) is 11.8 Å². The second kappa shape index (κ2) is 6.50. The predicted octanol–water partition coefficient (Wildman–Crippen LogP) is 5.75. The van der Waals surface area contributed by atoms with E-state index < -0.39 is 0 Å². The van der Waals surface area contributed by atoms with Crippen LogP contribution in [-0.4, -0.2) is 6.26 Å². The number of hydrogen-bond donors (Lipinski definition) is 0. The molecule has 0 aliphatic heterocycles. The van der Waals surface area contributed by atoms with Gasteiger partial charge >= 0.3 is 0 Å². The molecule has 2 aromatic carbocycles. The van der Waals surface area contributed by atoms with E-state index in [1.807, 2.05) is 48.7 Å². The van der Waals surface area contributed by atoms with E-state index in [4.69, 9.17) is 16.3 Å². The van der Waals surface area contributed by atoms with Gasteiger partial charge in [-0.25, -0.2) is 0 Å². The van der Waals surface area contributed by atoms with Crippen molar-refractivity contribution in [1.29, 1.82) is 0 Å². The van der Waals surface area contributed by atoms with Gasteiger partial charge in [0, 0.05) is 15.8 Å². The summed E-state index contributed by atoms with van der Waals surface area (Å²) in [6.07, 6.45) is 2.05. The molecule has 0 bridgehead atoms. The molecule has 0 spiro atoms. The van der Waals surface area contributed by atoms with Crippen molar-refractivity contribution < 1.29 is 4.74 Å². The van der Waals surface area contributed by atoms with Gasteiger partial charge < -0.3 is 4.74 Å². The van der Waals surface area contributed by atoms with Gasteiger partial charge in [-0.3, -0.25) is 0 Å². The number of halogens is 2. The Labute approximate surface area is 125 Å². The number of para-hydroxylation sites is 1. The minimum Gasteiger partial charge on any atom is -0.455 e. The summed E-state index contributed by atoms with van der Waals surface area (Å²) in [7, 11) is 0. The molecule has 0 amide bonds. The topological polar surface area (TPSA) is 9.23 Å². The van der Waals surface area contributed by atoms with Crippen molar-refractivity contribution in [3.05, 3.63) is 53.1 Å². The molecule has 0 N–H and O–H groups in total. The van der Waals surface area contributed by atoms with Crippen LogP contribution in [0.5, 0.6) is 11.5 Å². The quantitative estimate of drug-likeness (QED) is 0.516. The van der Waals surface area contributed by atoms with Gasteiger partial charge in [-0.1, -0.05) is 39.7 Å². The van der Waals surface area contributed by atoms with Gasteiger partial charge in [-0.2, -0.15) is 0 Å². The molecule has 0 aliphatic carbocycles. The van der Waals surface area contributed by atoms with Crippen molar-refractivity contribution in [2.75, 3.05) is 6.26 Å². The molecule has 2 rings (SSSR count). The van der Waals surface area contributed by atoms with Crippen LogP contribution in [0.15, 0.2) is 47.4 Å². The van der Waals surface area contributed by atoms with Crippen molar-refractivity contribution in [2.45, 2.75) is 10.2 Å². The van der Waals surface area contributed by atoms with E-state index in [-0.39, 0.29) is 0 Å². The number of alkyl halides is 1. The number of rotatable bonds is 4. The minimum absolute atomic E-state index is 0.626. The Hall–Kier alpha value is -0.640. The fraction of sp³-hybridized carbons (Fsp3) is 0.143. The Morgan fingerprint density at radius 3 is 2.50 bits per heavy atom. The Morgan fingerprint density at radius 2 is 1.89 bits per heavy atom. The average Bonchev–Trinajstić information content (AvgIpc) is 2.42. The molecule has 0 unspecified atom stereocenters. The van der Waals surface area contributed by atoms with Crippen molar-refractivity contribution in [1.82, 2.24) is 0 Å². The third kappa shape index (κ3) is 3.22. The van der Waals surface area contributed by atoms with Crippen molar-refractivity contribution >= 4 is 39.3 Å². The number of benzene rings is 2. The maximum atomic E-state index is 6.17. The zero-order chi connectivity index (χ0) is 13.0. The predicted molar refractivity (Wildman–Crippen MR) is 82.4 cm³/mol. The van der Waals surface area contributed by atoms with E-state index >= 15 is 0 Å². The number of thioether (sulfide) groups is 1. The molecule has 0 fully saturated rings. The Morgan fingerprint density at radius 1 is 1.17 bits per heavy atom. The first-order chi connectivity index (χ1) is 8.74. The fourth-order valence-corrected chi connectivity index (χ4v) is 2.62. The zero-order valence-corrected chi connectivity index (χ0v) is 13.0. The standard InChI is InChI=1S/C14H12BrClOS/c1-18-12-7-5-11(6-8-12)17-14-10(9-15)3-2-4-13(14)16/h2-8H,9H2,1H3. The highest BCUT2D eigenvalue weighted by Crippen LogP contribution is 2.34. The lowest BCUT2D eigenvalue weighted by atomic mass is 10.2. The molecule has 4 heteroatoms. The van der Waals surface area contributed by atoms with Crippen LogP contribution in [0.4, 0.5) is 0 Å². The van der Waals surface area contributed by atoms with Crippen LogP contribution >= 0.6 is 39.3 Å². The largest absolute Gasteiger partial charge is 0.455 e. The van der Waals surface area contributed by atoms with Crippen LogP contribution in [0.3, 0.4) is 0 Å². The maximum Gasteiger partial charge on any atom is 0.150 e. The van der Waals surface area contributed by atoms with E-state index in [0.717, 1.165) is 11.3 Å². The van der Waals surface area contributed by atoms with Crippen LogP contribution in [0.1, 0.15) is 5.56 Å². The Bertz CT molecular complexity index is 528. The van der Waals surface area contributed by atoms with Gasteiger partial charge in [0.1, 0.15) is 11.5 Å². The minimum atomic E-state index is 0.626. The molecule has 2 aromatic rings. The maximum absolute atomic E-state index is 6.17. The van der Waals surface area contributed by atoms with Gasteiger partial charge in [-0.15, -0.1) is 11.8 Å². The van der Waals surface area contributed by atoms with Gasteiger partial charge in [0.05, 0.1) is 5.02 Å². The second-order valence-corrected chi connectivity index (χ2v) is 5.49. The Kier molecular flexibility index (Phi) is 4.98. The molecular weight excluding hydrogens is 332 g/mol. The van der Waals surface area contributed by atoms with E-state index in [2.05, 4.69) is 15.9 Å². The normalized spacial score (nSPS) is 10.4. The SMILES string of the molecule is CSc1ccc(Oc2c(Cl)cccc2CBr)cc1. The average molecular weight is 344 g/mol. The summed E-state index contributed by atoms with van der Waals surface area (Å²) in [6.45, 7) is 0. The first-order valence-electron chi connectivity index (χ1n) is 5.40. The van der Waals surface area contributed by atoms with Crippen LogP contribution in [-0.2, 0) is 5.33 Å². The highest BCUT2D eigenvalue weighted by molar-refractivity contribution is 9.08. The molecule has 0 saturated carbocycles. The molecule has 0 atom stereocenters. The summed E-state index contributed by atoms with van der Waals surface area (Å²) in [5, 5.41) is 1.34. The van der Waals surface area contributed by atoms with Crippen LogP contribution < -0.4 is 4.74 Å². The first-order valence-corrected chi connectivity index (χ1v) is 8.12. The smallest absolute Gasteiger partial charge is 0.150 e. The monoisotopic (exact) mass is 342 g/mol. The van der Waals surface area contributed by atoms with Gasteiger partial charge in [0.2, 0.25) is 0 Å². The third-order valence-electron chi connectivity index (χ3n) is 2.47. The molecule has 0 aliphatic rings. The van der Waals surface area contributed by atoms with E-state index in [9.17, 15) is 0 Å². The lowest BCUT2D eigenvalue weighted by Gasteiger charge is -2.11. The second-order valence-electron chi connectivity index (χ2n) is 3.64. The summed E-state index contributed by atoms with van der Waals surface area (Å²) >= 11 is 11.3. The third-order valence-corrected chi connectivity index (χ3v) is 4.12. The number of hydrogen-bond acceptors (Lipinski definition) is 2. The van der Waals surface area contributed by atoms with Gasteiger partial charge in [0.25, 0.3) is 0 Å². The van der Waals surface area contributed by atoms with Crippen molar-refractivity contribution in [3.8, 4) is 11.5 Å². The lowest BCUT2D eigenvalue weighted by Crippen LogP contribution is -1.90. The molecule has 0 radical (unpaired) electrons. The van der Waals surface area contributed by atoms with Crippen molar-refractivity contribution in [2.24, 2.45) is 0 Å². The molecule has 94 valence electrons. The molecule has 0 heterocycles. The summed E-state index contributed by atoms with van der Waals surface area (Å²) in [5.74, 6) is 1.51. The summed E-state index contributed by atoms with van der Waals surface area (Å²) in [5.41, 5.74) is 1.04. The fourth-order valence-electron chi connectivity index (χ4n) is 1.53. The van der Waals surface area contributed by atoms with Crippen LogP contribution in [0.2, 0.25) is 5.02 Å². The zero-order valence-electron chi connectivity index (χ0n) is 9.82. The van der Waals surface area contributed by atoms with Crippen LogP contribution in [0, 0.1) is 0 Å². The summed E-state index contributed by atoms with van der Waals surface area (Å²) < 4.78 is 5.86. The first kappa shape index (κ1) is 13.8. The summed E-state index contributed by atoms with van der Waals surface area (Å²) in [4.78, 5) is 1.21. The molecular formula is C14H12BrClOS. The number of ether oxygens (including phenoxy) is 1. The summed E-state index contributed by atoms with van der Waals surface area (Å²) in [6, 6.07) is 13.7. The molecule has 1 nitrogen and oxygen atoms in total. The molecule has 0 aromatic heterocycles. The van der Waals surface area contributed by atoms with E-state index in [0.29, 0.717) is 16.1 Å². The van der Waals surface area contributed by atoms with Gasteiger partial charge in [0.15, 0.2) is 0 Å². The Balaban J connectivity index is 2.27. The molecule has 0 saturated heterocycles. The van der Waals surface area contributed by atoms with Crippen LogP contribution in [0.25, 0.3) is 0 Å². The highest BCUT2D eigenvalue weighted by Gasteiger charge is 2.08. The lowest BCUT2D eigenvalue weighted by molar-refractivity contribution is 0.478. The van der Waals surface area contributed by atoms with E-state index in [1.165, 1.54) is 4.90 Å². The highest BCUT2D eigenvalue weighted by atomic mass is 79.9.